The minimum atomic E-state index is -0.324. The van der Waals surface area contributed by atoms with Gasteiger partial charge in [0, 0.05) is 31.6 Å². The third-order valence-corrected chi connectivity index (χ3v) is 6.09. The molecule has 0 aliphatic carbocycles. The molecular weight excluding hydrogens is 332 g/mol. The van der Waals surface area contributed by atoms with Crippen molar-refractivity contribution in [3.8, 4) is 0 Å². The van der Waals surface area contributed by atoms with Crippen molar-refractivity contribution < 1.29 is 4.79 Å². The van der Waals surface area contributed by atoms with E-state index in [1.165, 1.54) is 18.4 Å². The van der Waals surface area contributed by atoms with Crippen LogP contribution in [0.2, 0.25) is 0 Å². The maximum atomic E-state index is 12.8. The Morgan fingerprint density at radius 1 is 1.24 bits per heavy atom. The van der Waals surface area contributed by atoms with E-state index in [-0.39, 0.29) is 11.3 Å². The summed E-state index contributed by atoms with van der Waals surface area (Å²) in [5.41, 5.74) is 1.85. The van der Waals surface area contributed by atoms with Crippen molar-refractivity contribution in [1.82, 2.24) is 15.6 Å². The van der Waals surface area contributed by atoms with E-state index in [2.05, 4.69) is 38.0 Å². The van der Waals surface area contributed by atoms with Gasteiger partial charge in [-0.1, -0.05) is 30.3 Å². The van der Waals surface area contributed by atoms with Gasteiger partial charge >= 0.3 is 0 Å². The maximum Gasteiger partial charge on any atom is 0.229 e. The smallest absolute Gasteiger partial charge is 0.229 e. The van der Waals surface area contributed by atoms with Crippen LogP contribution in [-0.2, 0) is 17.8 Å². The van der Waals surface area contributed by atoms with Crippen molar-refractivity contribution >= 4 is 22.4 Å². The van der Waals surface area contributed by atoms with Crippen LogP contribution < -0.4 is 15.5 Å². The van der Waals surface area contributed by atoms with Crippen molar-refractivity contribution in [3.05, 3.63) is 47.0 Å². The summed E-state index contributed by atoms with van der Waals surface area (Å²) in [7, 11) is 0. The first-order valence-corrected chi connectivity index (χ1v) is 9.85. The molecule has 0 atom stereocenters. The number of rotatable bonds is 6. The van der Waals surface area contributed by atoms with Gasteiger partial charge in [-0.15, -0.1) is 11.3 Å². The molecule has 0 bridgehead atoms. The van der Waals surface area contributed by atoms with Crippen molar-refractivity contribution in [3.63, 3.8) is 0 Å². The summed E-state index contributed by atoms with van der Waals surface area (Å²) in [5.74, 6) is 0.130. The van der Waals surface area contributed by atoms with Crippen molar-refractivity contribution in [2.75, 3.05) is 31.1 Å². The molecule has 2 aromatic rings. The molecule has 2 saturated heterocycles. The minimum absolute atomic E-state index is 0.130. The number of anilines is 1. The number of hydrogen-bond donors (Lipinski definition) is 2. The SMILES string of the molecule is O=C(NCc1csc(N2CCCC2)n1)C1(Cc2ccccc2)CNC1. The molecule has 4 rings (SSSR count). The molecule has 0 radical (unpaired) electrons. The molecular formula is C19H24N4OS. The molecule has 2 fully saturated rings. The first-order valence-electron chi connectivity index (χ1n) is 8.98. The van der Waals surface area contributed by atoms with Gasteiger partial charge in [-0.3, -0.25) is 4.79 Å². The molecule has 5 nitrogen and oxygen atoms in total. The Balaban J connectivity index is 1.36. The fraction of sp³-hybridized carbons (Fsp3) is 0.474. The zero-order chi connectivity index (χ0) is 17.1. The average Bonchev–Trinajstić information content (AvgIpc) is 3.28. The Morgan fingerprint density at radius 3 is 2.68 bits per heavy atom. The number of aromatic nitrogens is 1. The first-order chi connectivity index (χ1) is 12.3. The highest BCUT2D eigenvalue weighted by molar-refractivity contribution is 7.13. The molecule has 1 aromatic carbocycles. The van der Waals surface area contributed by atoms with Crippen LogP contribution in [0.1, 0.15) is 24.1 Å². The highest BCUT2D eigenvalue weighted by Crippen LogP contribution is 2.29. The number of nitrogens with zero attached hydrogens (tertiary/aromatic N) is 2. The lowest BCUT2D eigenvalue weighted by molar-refractivity contribution is -0.134. The minimum Gasteiger partial charge on any atom is -0.350 e. The Bertz CT molecular complexity index is 720. The highest BCUT2D eigenvalue weighted by Gasteiger charge is 2.44. The number of thiazole rings is 1. The van der Waals surface area contributed by atoms with E-state index < -0.39 is 0 Å². The van der Waals surface area contributed by atoms with E-state index in [9.17, 15) is 4.79 Å². The van der Waals surface area contributed by atoms with Crippen molar-refractivity contribution in [2.45, 2.75) is 25.8 Å². The van der Waals surface area contributed by atoms with Crippen LogP contribution in [0.5, 0.6) is 0 Å². The summed E-state index contributed by atoms with van der Waals surface area (Å²) in [6, 6.07) is 10.3. The second-order valence-corrected chi connectivity index (χ2v) is 7.88. The molecule has 3 heterocycles. The molecule has 2 N–H and O–H groups in total. The predicted octanol–water partition coefficient (Wildman–Crippen LogP) is 2.19. The number of carbonyl (C=O) groups excluding carboxylic acids is 1. The Kier molecular flexibility index (Phi) is 4.72. The van der Waals surface area contributed by atoms with E-state index in [4.69, 9.17) is 0 Å². The van der Waals surface area contributed by atoms with Crippen LogP contribution in [0.25, 0.3) is 0 Å². The Morgan fingerprint density at radius 2 is 2.00 bits per heavy atom. The van der Waals surface area contributed by atoms with Gasteiger partial charge < -0.3 is 15.5 Å². The molecule has 6 heteroatoms. The normalized spacial score (nSPS) is 18.8. The molecule has 0 saturated carbocycles. The van der Waals surface area contributed by atoms with E-state index in [1.54, 1.807) is 11.3 Å². The number of carbonyl (C=O) groups is 1. The fourth-order valence-electron chi connectivity index (χ4n) is 3.57. The molecule has 0 unspecified atom stereocenters. The van der Waals surface area contributed by atoms with Gasteiger partial charge in [0.2, 0.25) is 5.91 Å². The van der Waals surface area contributed by atoms with Gasteiger partial charge in [0.05, 0.1) is 17.7 Å². The lowest BCUT2D eigenvalue weighted by Crippen LogP contribution is -2.62. The summed E-state index contributed by atoms with van der Waals surface area (Å²) in [6.07, 6.45) is 3.28. The van der Waals surface area contributed by atoms with E-state index in [0.717, 1.165) is 43.4 Å². The van der Waals surface area contributed by atoms with Gasteiger partial charge in [0.1, 0.15) is 0 Å². The van der Waals surface area contributed by atoms with E-state index >= 15 is 0 Å². The van der Waals surface area contributed by atoms with Crippen molar-refractivity contribution in [2.24, 2.45) is 5.41 Å². The summed E-state index contributed by atoms with van der Waals surface area (Å²) < 4.78 is 0. The topological polar surface area (TPSA) is 57.3 Å². The van der Waals surface area contributed by atoms with Gasteiger partial charge in [-0.05, 0) is 24.8 Å². The zero-order valence-corrected chi connectivity index (χ0v) is 15.1. The maximum absolute atomic E-state index is 12.8. The standard InChI is InChI=1S/C19H24N4OS/c24-17(19(13-20-14-19)10-15-6-2-1-3-7-15)21-11-16-12-25-18(22-16)23-8-4-5-9-23/h1-3,6-7,12,20H,4-5,8-11,13-14H2,(H,21,24). The van der Waals surface area contributed by atoms with Gasteiger partial charge in [0.15, 0.2) is 5.13 Å². The van der Waals surface area contributed by atoms with Crippen molar-refractivity contribution in [1.29, 1.82) is 0 Å². The molecule has 1 aromatic heterocycles. The second-order valence-electron chi connectivity index (χ2n) is 7.04. The third kappa shape index (κ3) is 3.55. The summed E-state index contributed by atoms with van der Waals surface area (Å²) >= 11 is 1.68. The molecule has 0 spiro atoms. The van der Waals surface area contributed by atoms with Gasteiger partial charge in [-0.2, -0.15) is 0 Å². The van der Waals surface area contributed by atoms with Crippen LogP contribution in [-0.4, -0.2) is 37.1 Å². The second kappa shape index (κ2) is 7.14. The van der Waals surface area contributed by atoms with Gasteiger partial charge in [0.25, 0.3) is 0 Å². The largest absolute Gasteiger partial charge is 0.350 e. The van der Waals surface area contributed by atoms with Crippen LogP contribution in [0.3, 0.4) is 0 Å². The predicted molar refractivity (Wildman–Crippen MR) is 101 cm³/mol. The van der Waals surface area contributed by atoms with E-state index in [0.29, 0.717) is 6.54 Å². The Labute approximate surface area is 152 Å². The molecule has 25 heavy (non-hydrogen) atoms. The lowest BCUT2D eigenvalue weighted by atomic mass is 9.75. The summed E-state index contributed by atoms with van der Waals surface area (Å²) in [5, 5.41) is 9.53. The summed E-state index contributed by atoms with van der Waals surface area (Å²) in [6.45, 7) is 4.20. The zero-order valence-electron chi connectivity index (χ0n) is 14.3. The quantitative estimate of drug-likeness (QED) is 0.833. The third-order valence-electron chi connectivity index (χ3n) is 5.14. The number of nitrogens with one attached hydrogen (secondary N) is 2. The van der Waals surface area contributed by atoms with Crippen LogP contribution >= 0.6 is 11.3 Å². The Hall–Kier alpha value is -1.92. The van der Waals surface area contributed by atoms with Crippen LogP contribution in [0.15, 0.2) is 35.7 Å². The van der Waals surface area contributed by atoms with E-state index in [1.807, 2.05) is 18.2 Å². The average molecular weight is 356 g/mol. The monoisotopic (exact) mass is 356 g/mol. The fourth-order valence-corrected chi connectivity index (χ4v) is 4.45. The molecule has 132 valence electrons. The number of hydrogen-bond acceptors (Lipinski definition) is 5. The van der Waals surface area contributed by atoms with Crippen LogP contribution in [0, 0.1) is 5.41 Å². The number of amides is 1. The highest BCUT2D eigenvalue weighted by atomic mass is 32.1. The lowest BCUT2D eigenvalue weighted by Gasteiger charge is -2.41. The molecule has 1 amide bonds. The first kappa shape index (κ1) is 16.5. The summed E-state index contributed by atoms with van der Waals surface area (Å²) in [4.78, 5) is 19.8. The van der Waals surface area contributed by atoms with Gasteiger partial charge in [-0.25, -0.2) is 4.98 Å². The molecule has 2 aliphatic rings. The molecule has 2 aliphatic heterocycles. The van der Waals surface area contributed by atoms with Crippen LogP contribution in [0.4, 0.5) is 5.13 Å². The number of benzene rings is 1.